The zero-order valence-electron chi connectivity index (χ0n) is 20.2. The number of aromatic nitrogens is 5. The molecule has 0 spiro atoms. The van der Waals surface area contributed by atoms with Crippen molar-refractivity contribution in [3.63, 3.8) is 0 Å². The summed E-state index contributed by atoms with van der Waals surface area (Å²) in [6, 6.07) is 2.40. The highest BCUT2D eigenvalue weighted by Gasteiger charge is 2.22. The fourth-order valence-corrected chi connectivity index (χ4v) is 4.42. The monoisotopic (exact) mass is 466 g/mol. The van der Waals surface area contributed by atoms with Crippen molar-refractivity contribution >= 4 is 29.1 Å². The fraction of sp³-hybridized carbons (Fsp3) is 0.522. The molecule has 11 heteroatoms. The molecule has 182 valence electrons. The van der Waals surface area contributed by atoms with E-state index in [1.807, 2.05) is 11.1 Å². The SMILES string of the molecule is CCCC(C)Nc1nc(N)c2ncc(Cc3cnc(N4CCN(C(=O)CN)CC4)c(C)c3)n2n1. The molecule has 11 nitrogen and oxygen atoms in total. The quantitative estimate of drug-likeness (QED) is 0.446. The lowest BCUT2D eigenvalue weighted by molar-refractivity contribution is -0.129. The van der Waals surface area contributed by atoms with E-state index in [1.54, 1.807) is 10.7 Å². The second kappa shape index (κ2) is 10.2. The molecule has 1 aliphatic rings. The van der Waals surface area contributed by atoms with Crippen LogP contribution in [0, 0.1) is 6.92 Å². The van der Waals surface area contributed by atoms with Gasteiger partial charge >= 0.3 is 0 Å². The Kier molecular flexibility index (Phi) is 7.11. The zero-order chi connectivity index (χ0) is 24.2. The molecule has 4 heterocycles. The number of anilines is 3. The van der Waals surface area contributed by atoms with E-state index in [2.05, 4.69) is 52.1 Å². The third kappa shape index (κ3) is 5.04. The number of aryl methyl sites for hydroxylation is 1. The van der Waals surface area contributed by atoms with Crippen molar-refractivity contribution in [2.24, 2.45) is 5.73 Å². The van der Waals surface area contributed by atoms with E-state index >= 15 is 0 Å². The van der Waals surface area contributed by atoms with Crippen LogP contribution in [0.3, 0.4) is 0 Å². The molecule has 0 aromatic carbocycles. The molecule has 4 rings (SSSR count). The second-order valence-electron chi connectivity index (χ2n) is 8.87. The summed E-state index contributed by atoms with van der Waals surface area (Å²) >= 11 is 0. The first kappa shape index (κ1) is 23.7. The lowest BCUT2D eigenvalue weighted by atomic mass is 10.1. The maximum atomic E-state index is 11.8. The van der Waals surface area contributed by atoms with Gasteiger partial charge in [0.05, 0.1) is 18.4 Å². The van der Waals surface area contributed by atoms with Crippen LogP contribution in [0.4, 0.5) is 17.6 Å². The normalized spacial score (nSPS) is 15.1. The third-order valence-electron chi connectivity index (χ3n) is 6.15. The Hall–Kier alpha value is -3.47. The summed E-state index contributed by atoms with van der Waals surface area (Å²) in [5, 5.41) is 7.96. The first-order valence-corrected chi connectivity index (χ1v) is 11.8. The van der Waals surface area contributed by atoms with Gasteiger partial charge in [-0.15, -0.1) is 5.10 Å². The summed E-state index contributed by atoms with van der Waals surface area (Å²) in [7, 11) is 0. The molecule has 0 aliphatic carbocycles. The van der Waals surface area contributed by atoms with Gasteiger partial charge in [-0.05, 0) is 31.4 Å². The second-order valence-corrected chi connectivity index (χ2v) is 8.87. The molecule has 1 saturated heterocycles. The highest BCUT2D eigenvalue weighted by molar-refractivity contribution is 5.78. The van der Waals surface area contributed by atoms with E-state index in [9.17, 15) is 4.79 Å². The average Bonchev–Trinajstić information content (AvgIpc) is 3.22. The molecule has 3 aromatic rings. The van der Waals surface area contributed by atoms with E-state index in [1.165, 1.54) is 0 Å². The van der Waals surface area contributed by atoms with Gasteiger partial charge in [0.2, 0.25) is 11.9 Å². The van der Waals surface area contributed by atoms with Crippen molar-refractivity contribution < 1.29 is 4.79 Å². The molecule has 0 bridgehead atoms. The molecular formula is C23H34N10O. The zero-order valence-corrected chi connectivity index (χ0v) is 20.2. The first-order chi connectivity index (χ1) is 16.4. The number of nitrogens with one attached hydrogen (secondary N) is 1. The number of carbonyl (C=O) groups is 1. The van der Waals surface area contributed by atoms with E-state index in [-0.39, 0.29) is 18.5 Å². The van der Waals surface area contributed by atoms with Gasteiger partial charge in [-0.3, -0.25) is 4.79 Å². The largest absolute Gasteiger partial charge is 0.380 e. The number of hydrogen-bond donors (Lipinski definition) is 3. The number of pyridine rings is 1. The van der Waals surface area contributed by atoms with Crippen LogP contribution in [-0.4, -0.2) is 74.1 Å². The minimum Gasteiger partial charge on any atom is -0.380 e. The third-order valence-corrected chi connectivity index (χ3v) is 6.15. The van der Waals surface area contributed by atoms with Crippen molar-refractivity contribution in [1.82, 2.24) is 29.5 Å². The Morgan fingerprint density at radius 3 is 2.65 bits per heavy atom. The van der Waals surface area contributed by atoms with Gasteiger partial charge in [0.15, 0.2) is 11.5 Å². The molecular weight excluding hydrogens is 432 g/mol. The number of piperazine rings is 1. The number of rotatable bonds is 8. The van der Waals surface area contributed by atoms with Crippen molar-refractivity contribution in [3.8, 4) is 0 Å². The van der Waals surface area contributed by atoms with Gasteiger partial charge in [0.1, 0.15) is 5.82 Å². The van der Waals surface area contributed by atoms with Gasteiger partial charge in [-0.1, -0.05) is 19.4 Å². The maximum Gasteiger partial charge on any atom is 0.243 e. The molecule has 1 fully saturated rings. The molecule has 3 aromatic heterocycles. The van der Waals surface area contributed by atoms with Gasteiger partial charge in [-0.25, -0.2) is 14.5 Å². The number of fused-ring (bicyclic) bond motifs is 1. The Bertz CT molecular complexity index is 1150. The van der Waals surface area contributed by atoms with Crippen LogP contribution < -0.4 is 21.7 Å². The molecule has 1 atom stereocenters. The molecule has 5 N–H and O–H groups in total. The van der Waals surface area contributed by atoms with Crippen molar-refractivity contribution in [3.05, 3.63) is 35.3 Å². The Labute approximate surface area is 199 Å². The number of nitrogens with two attached hydrogens (primary N) is 2. The van der Waals surface area contributed by atoms with Crippen LogP contribution in [0.1, 0.15) is 43.5 Å². The van der Waals surface area contributed by atoms with E-state index in [0.717, 1.165) is 48.6 Å². The lowest BCUT2D eigenvalue weighted by Gasteiger charge is -2.36. The Balaban J connectivity index is 1.50. The summed E-state index contributed by atoms with van der Waals surface area (Å²) in [6.45, 7) is 9.19. The van der Waals surface area contributed by atoms with Gasteiger partial charge in [-0.2, -0.15) is 4.98 Å². The predicted octanol–water partition coefficient (Wildman–Crippen LogP) is 1.21. The highest BCUT2D eigenvalue weighted by Crippen LogP contribution is 2.22. The molecule has 0 saturated carbocycles. The minimum atomic E-state index is -0.00432. The van der Waals surface area contributed by atoms with Crippen LogP contribution in [0.25, 0.3) is 5.65 Å². The number of hydrogen-bond acceptors (Lipinski definition) is 9. The number of nitrogens with zero attached hydrogens (tertiary/aromatic N) is 7. The van der Waals surface area contributed by atoms with E-state index in [4.69, 9.17) is 16.5 Å². The topological polar surface area (TPSA) is 144 Å². The first-order valence-electron chi connectivity index (χ1n) is 11.8. The van der Waals surface area contributed by atoms with Crippen molar-refractivity contribution in [2.45, 2.75) is 46.1 Å². The smallest absolute Gasteiger partial charge is 0.243 e. The summed E-state index contributed by atoms with van der Waals surface area (Å²) in [5.41, 5.74) is 15.3. The van der Waals surface area contributed by atoms with E-state index < -0.39 is 0 Å². The van der Waals surface area contributed by atoms with Crippen molar-refractivity contribution in [1.29, 1.82) is 0 Å². The minimum absolute atomic E-state index is 0.00432. The van der Waals surface area contributed by atoms with Crippen molar-refractivity contribution in [2.75, 3.05) is 48.7 Å². The summed E-state index contributed by atoms with van der Waals surface area (Å²) in [5.74, 6) is 1.80. The van der Waals surface area contributed by atoms with Gasteiger partial charge in [0.25, 0.3) is 0 Å². The fourth-order valence-electron chi connectivity index (χ4n) is 4.42. The molecule has 1 aliphatic heterocycles. The molecule has 34 heavy (non-hydrogen) atoms. The summed E-state index contributed by atoms with van der Waals surface area (Å²) in [6.07, 6.45) is 6.40. The van der Waals surface area contributed by atoms with Gasteiger partial charge < -0.3 is 26.6 Å². The lowest BCUT2D eigenvalue weighted by Crippen LogP contribution is -2.50. The van der Waals surface area contributed by atoms with Crippen LogP contribution in [0.5, 0.6) is 0 Å². The Morgan fingerprint density at radius 2 is 1.97 bits per heavy atom. The maximum absolute atomic E-state index is 11.8. The van der Waals surface area contributed by atoms with Crippen LogP contribution in [-0.2, 0) is 11.2 Å². The molecule has 1 unspecified atom stereocenters. The average molecular weight is 467 g/mol. The number of imidazole rings is 1. The number of carbonyl (C=O) groups excluding carboxylic acids is 1. The summed E-state index contributed by atoms with van der Waals surface area (Å²) < 4.78 is 1.76. The van der Waals surface area contributed by atoms with Crippen LogP contribution in [0.2, 0.25) is 0 Å². The highest BCUT2D eigenvalue weighted by atomic mass is 16.2. The number of nitrogen functional groups attached to an aromatic ring is 1. The van der Waals surface area contributed by atoms with Crippen LogP contribution in [0.15, 0.2) is 18.5 Å². The molecule has 0 radical (unpaired) electrons. The van der Waals surface area contributed by atoms with Crippen LogP contribution >= 0.6 is 0 Å². The standard InChI is InChI=1S/C23H34N10O/c1-4-5-16(3)28-23-29-20(25)22-27-14-18(33(22)30-23)11-17-10-15(2)21(26-13-17)32-8-6-31(7-9-32)19(34)12-24/h10,13-14,16H,4-9,11-12,24H2,1-3H3,(H3,25,28,29,30). The van der Waals surface area contributed by atoms with E-state index in [0.29, 0.717) is 36.9 Å². The predicted molar refractivity (Wildman–Crippen MR) is 133 cm³/mol. The molecule has 1 amide bonds. The Morgan fingerprint density at radius 1 is 1.21 bits per heavy atom. The number of amides is 1. The van der Waals surface area contributed by atoms with Gasteiger partial charge in [0, 0.05) is 44.8 Å². The summed E-state index contributed by atoms with van der Waals surface area (Å²) in [4.78, 5) is 29.4.